The van der Waals surface area contributed by atoms with Crippen molar-refractivity contribution in [3.05, 3.63) is 65.2 Å². The fourth-order valence-electron chi connectivity index (χ4n) is 4.95. The molecule has 0 aromatic heterocycles. The molecule has 0 saturated carbocycles. The van der Waals surface area contributed by atoms with Gasteiger partial charge in [0.25, 0.3) is 0 Å². The molecule has 29 heavy (non-hydrogen) atoms. The SMILES string of the molecule is CC(C)N1CCc2ccccc2C1Cc1ccc(OCCC2CCCCN2)cc1. The Kier molecular flexibility index (Phi) is 6.89. The number of hydrogen-bond acceptors (Lipinski definition) is 3. The van der Waals surface area contributed by atoms with Gasteiger partial charge in [0, 0.05) is 24.7 Å². The predicted octanol–water partition coefficient (Wildman–Crippen LogP) is 5.15. The summed E-state index contributed by atoms with van der Waals surface area (Å²) < 4.78 is 6.02. The summed E-state index contributed by atoms with van der Waals surface area (Å²) in [7, 11) is 0. The van der Waals surface area contributed by atoms with E-state index in [2.05, 4.69) is 72.6 Å². The first-order valence-corrected chi connectivity index (χ1v) is 11.5. The third-order valence-corrected chi connectivity index (χ3v) is 6.62. The van der Waals surface area contributed by atoms with Crippen molar-refractivity contribution in [2.75, 3.05) is 19.7 Å². The molecule has 1 saturated heterocycles. The second-order valence-electron chi connectivity index (χ2n) is 8.93. The van der Waals surface area contributed by atoms with Crippen molar-refractivity contribution in [1.82, 2.24) is 10.2 Å². The molecular formula is C26H36N2O. The maximum atomic E-state index is 6.02. The van der Waals surface area contributed by atoms with Crippen molar-refractivity contribution in [2.24, 2.45) is 0 Å². The Bertz CT molecular complexity index is 765. The van der Waals surface area contributed by atoms with Gasteiger partial charge in [-0.05, 0) is 81.3 Å². The Balaban J connectivity index is 1.37. The molecule has 0 spiro atoms. The Morgan fingerprint density at radius 3 is 2.66 bits per heavy atom. The summed E-state index contributed by atoms with van der Waals surface area (Å²) in [4.78, 5) is 2.66. The van der Waals surface area contributed by atoms with Gasteiger partial charge in [-0.2, -0.15) is 0 Å². The third-order valence-electron chi connectivity index (χ3n) is 6.62. The van der Waals surface area contributed by atoms with E-state index in [1.807, 2.05) is 0 Å². The van der Waals surface area contributed by atoms with Crippen LogP contribution in [0.15, 0.2) is 48.5 Å². The normalized spacial score (nSPS) is 22.4. The molecule has 2 unspecified atom stereocenters. The number of piperidine rings is 1. The van der Waals surface area contributed by atoms with E-state index >= 15 is 0 Å². The lowest BCUT2D eigenvalue weighted by molar-refractivity contribution is 0.141. The molecule has 3 nitrogen and oxygen atoms in total. The first-order valence-electron chi connectivity index (χ1n) is 11.5. The highest BCUT2D eigenvalue weighted by molar-refractivity contribution is 5.35. The molecule has 2 aromatic rings. The van der Waals surface area contributed by atoms with E-state index in [-0.39, 0.29) is 0 Å². The lowest BCUT2D eigenvalue weighted by Gasteiger charge is -2.40. The molecule has 2 aliphatic heterocycles. The van der Waals surface area contributed by atoms with Crippen molar-refractivity contribution >= 4 is 0 Å². The molecule has 4 rings (SSSR count). The van der Waals surface area contributed by atoms with Gasteiger partial charge in [0.15, 0.2) is 0 Å². The van der Waals surface area contributed by atoms with Crippen LogP contribution in [0.1, 0.15) is 62.3 Å². The van der Waals surface area contributed by atoms with E-state index in [1.54, 1.807) is 0 Å². The number of benzene rings is 2. The molecule has 0 amide bonds. The largest absolute Gasteiger partial charge is 0.494 e. The standard InChI is InChI=1S/C26H36N2O/c1-20(2)28-17-14-22-7-3-4-9-25(22)26(28)19-21-10-12-24(13-11-21)29-18-15-23-8-5-6-16-27-23/h3-4,7,9-13,20,23,26-27H,5-6,8,14-19H2,1-2H3. The predicted molar refractivity (Wildman–Crippen MR) is 121 cm³/mol. The minimum atomic E-state index is 0.462. The smallest absolute Gasteiger partial charge is 0.119 e. The molecule has 1 fully saturated rings. The van der Waals surface area contributed by atoms with Gasteiger partial charge in [-0.3, -0.25) is 4.90 Å². The van der Waals surface area contributed by atoms with Crippen LogP contribution in [0.3, 0.4) is 0 Å². The number of ether oxygens (including phenoxy) is 1. The monoisotopic (exact) mass is 392 g/mol. The zero-order valence-electron chi connectivity index (χ0n) is 18.1. The van der Waals surface area contributed by atoms with Gasteiger partial charge in [0.2, 0.25) is 0 Å². The lowest BCUT2D eigenvalue weighted by Crippen LogP contribution is -2.41. The molecule has 2 aliphatic rings. The van der Waals surface area contributed by atoms with Crippen LogP contribution in [-0.4, -0.2) is 36.7 Å². The fraction of sp³-hybridized carbons (Fsp3) is 0.538. The van der Waals surface area contributed by atoms with E-state index in [4.69, 9.17) is 4.74 Å². The Hall–Kier alpha value is -1.84. The molecule has 2 heterocycles. The molecule has 0 radical (unpaired) electrons. The van der Waals surface area contributed by atoms with E-state index < -0.39 is 0 Å². The summed E-state index contributed by atoms with van der Waals surface area (Å²) in [6.45, 7) is 7.75. The molecule has 2 aromatic carbocycles. The van der Waals surface area contributed by atoms with E-state index in [1.165, 1.54) is 36.0 Å². The van der Waals surface area contributed by atoms with Crippen molar-refractivity contribution < 1.29 is 4.74 Å². The minimum Gasteiger partial charge on any atom is -0.494 e. The van der Waals surface area contributed by atoms with Crippen LogP contribution in [0, 0.1) is 0 Å². The summed E-state index contributed by atoms with van der Waals surface area (Å²) in [5, 5.41) is 3.60. The van der Waals surface area contributed by atoms with E-state index in [0.717, 1.165) is 44.7 Å². The van der Waals surface area contributed by atoms with Crippen LogP contribution in [0.25, 0.3) is 0 Å². The van der Waals surface area contributed by atoms with Gasteiger partial charge in [-0.15, -0.1) is 0 Å². The van der Waals surface area contributed by atoms with Crippen LogP contribution in [0.4, 0.5) is 0 Å². The third kappa shape index (κ3) is 5.21. The summed E-state index contributed by atoms with van der Waals surface area (Å²) in [5.74, 6) is 0.995. The van der Waals surface area contributed by atoms with Crippen LogP contribution in [0.5, 0.6) is 5.75 Å². The Labute approximate surface area is 176 Å². The number of hydrogen-bond donors (Lipinski definition) is 1. The van der Waals surface area contributed by atoms with Crippen molar-refractivity contribution in [2.45, 2.75) is 70.5 Å². The van der Waals surface area contributed by atoms with E-state index in [0.29, 0.717) is 18.1 Å². The van der Waals surface area contributed by atoms with Crippen molar-refractivity contribution in [3.8, 4) is 5.75 Å². The molecular weight excluding hydrogens is 356 g/mol. The van der Waals surface area contributed by atoms with Crippen molar-refractivity contribution in [3.63, 3.8) is 0 Å². The molecule has 0 bridgehead atoms. The number of nitrogens with zero attached hydrogens (tertiary/aromatic N) is 1. The average Bonchev–Trinajstić information content (AvgIpc) is 2.76. The Morgan fingerprint density at radius 1 is 1.07 bits per heavy atom. The lowest BCUT2D eigenvalue weighted by atomic mass is 9.88. The highest BCUT2D eigenvalue weighted by Gasteiger charge is 2.28. The zero-order chi connectivity index (χ0) is 20.1. The summed E-state index contributed by atoms with van der Waals surface area (Å²) in [6, 6.07) is 19.5. The average molecular weight is 393 g/mol. The first-order chi connectivity index (χ1) is 14.2. The molecule has 1 N–H and O–H groups in total. The fourth-order valence-corrected chi connectivity index (χ4v) is 4.95. The minimum absolute atomic E-state index is 0.462. The molecule has 2 atom stereocenters. The van der Waals surface area contributed by atoms with Crippen molar-refractivity contribution in [1.29, 1.82) is 0 Å². The quantitative estimate of drug-likeness (QED) is 0.705. The molecule has 0 aliphatic carbocycles. The highest BCUT2D eigenvalue weighted by atomic mass is 16.5. The van der Waals surface area contributed by atoms with Crippen LogP contribution in [-0.2, 0) is 12.8 Å². The second-order valence-corrected chi connectivity index (χ2v) is 8.93. The van der Waals surface area contributed by atoms with Gasteiger partial charge in [-0.25, -0.2) is 0 Å². The maximum absolute atomic E-state index is 6.02. The van der Waals surface area contributed by atoms with Gasteiger partial charge in [0.1, 0.15) is 5.75 Å². The van der Waals surface area contributed by atoms with Crippen LogP contribution in [0.2, 0.25) is 0 Å². The van der Waals surface area contributed by atoms with Gasteiger partial charge in [-0.1, -0.05) is 42.8 Å². The summed E-state index contributed by atoms with van der Waals surface area (Å²) >= 11 is 0. The summed E-state index contributed by atoms with van der Waals surface area (Å²) in [5.41, 5.74) is 4.41. The second kappa shape index (κ2) is 9.77. The number of fused-ring (bicyclic) bond motifs is 1. The Morgan fingerprint density at radius 2 is 1.90 bits per heavy atom. The van der Waals surface area contributed by atoms with Crippen LogP contribution < -0.4 is 10.1 Å². The van der Waals surface area contributed by atoms with Gasteiger partial charge < -0.3 is 10.1 Å². The van der Waals surface area contributed by atoms with E-state index in [9.17, 15) is 0 Å². The number of rotatable bonds is 7. The highest BCUT2D eigenvalue weighted by Crippen LogP contribution is 2.34. The van der Waals surface area contributed by atoms with Gasteiger partial charge >= 0.3 is 0 Å². The molecule has 3 heteroatoms. The summed E-state index contributed by atoms with van der Waals surface area (Å²) in [6.07, 6.45) is 7.28. The maximum Gasteiger partial charge on any atom is 0.119 e. The van der Waals surface area contributed by atoms with Gasteiger partial charge in [0.05, 0.1) is 6.61 Å². The molecule has 156 valence electrons. The topological polar surface area (TPSA) is 24.5 Å². The number of nitrogens with one attached hydrogen (secondary N) is 1. The van der Waals surface area contributed by atoms with Crippen LogP contribution >= 0.6 is 0 Å². The zero-order valence-corrected chi connectivity index (χ0v) is 18.1. The first kappa shape index (κ1) is 20.4.